The summed E-state index contributed by atoms with van der Waals surface area (Å²) in [5.41, 5.74) is 0.681. The van der Waals surface area contributed by atoms with E-state index in [9.17, 15) is 9.59 Å². The predicted octanol–water partition coefficient (Wildman–Crippen LogP) is 1.60. The van der Waals surface area contributed by atoms with Gasteiger partial charge >= 0.3 is 5.97 Å². The first kappa shape index (κ1) is 15.8. The van der Waals surface area contributed by atoms with E-state index in [-0.39, 0.29) is 25.0 Å². The fourth-order valence-electron chi connectivity index (χ4n) is 3.17. The van der Waals surface area contributed by atoms with E-state index >= 15 is 0 Å². The van der Waals surface area contributed by atoms with Crippen LogP contribution in [0.3, 0.4) is 0 Å². The van der Waals surface area contributed by atoms with Gasteiger partial charge in [-0.1, -0.05) is 12.1 Å². The average molecular weight is 318 g/mol. The number of carboxylic acid groups (broad SMARTS) is 1. The highest BCUT2D eigenvalue weighted by atomic mass is 16.5. The summed E-state index contributed by atoms with van der Waals surface area (Å²) in [6, 6.07) is 7.41. The third kappa shape index (κ3) is 3.47. The average Bonchev–Trinajstić information content (AvgIpc) is 2.92. The molecular formula is C17H22N2O4. The number of ether oxygens (including phenoxy) is 1. The molecule has 2 aliphatic heterocycles. The van der Waals surface area contributed by atoms with Crippen molar-refractivity contribution in [2.45, 2.75) is 25.4 Å². The van der Waals surface area contributed by atoms with Crippen LogP contribution in [0.4, 0.5) is 5.69 Å². The molecule has 2 fully saturated rings. The minimum Gasteiger partial charge on any atom is -0.488 e. The molecule has 0 aliphatic carbocycles. The molecule has 1 N–H and O–H groups in total. The van der Waals surface area contributed by atoms with Gasteiger partial charge in [-0.2, -0.15) is 0 Å². The van der Waals surface area contributed by atoms with E-state index in [0.29, 0.717) is 11.4 Å². The zero-order chi connectivity index (χ0) is 16.4. The Morgan fingerprint density at radius 3 is 2.61 bits per heavy atom. The van der Waals surface area contributed by atoms with E-state index in [4.69, 9.17) is 9.84 Å². The first-order valence-electron chi connectivity index (χ1n) is 8.02. The molecule has 0 saturated carbocycles. The van der Waals surface area contributed by atoms with Crippen molar-refractivity contribution in [3.8, 4) is 5.75 Å². The van der Waals surface area contributed by atoms with Gasteiger partial charge in [0.2, 0.25) is 5.91 Å². The zero-order valence-corrected chi connectivity index (χ0v) is 13.3. The number of benzene rings is 1. The largest absolute Gasteiger partial charge is 0.488 e. The second-order valence-electron chi connectivity index (χ2n) is 6.33. The van der Waals surface area contributed by atoms with Crippen molar-refractivity contribution < 1.29 is 19.4 Å². The maximum Gasteiger partial charge on any atom is 0.308 e. The quantitative estimate of drug-likeness (QED) is 0.913. The maximum atomic E-state index is 12.2. The van der Waals surface area contributed by atoms with Crippen LogP contribution < -0.4 is 9.64 Å². The van der Waals surface area contributed by atoms with Gasteiger partial charge in [0.05, 0.1) is 11.6 Å². The van der Waals surface area contributed by atoms with Crippen molar-refractivity contribution in [2.75, 3.05) is 31.6 Å². The second-order valence-corrected chi connectivity index (χ2v) is 6.33. The number of nitrogens with zero attached hydrogens (tertiary/aromatic N) is 2. The summed E-state index contributed by atoms with van der Waals surface area (Å²) in [5, 5.41) is 9.14. The molecule has 2 heterocycles. The third-order valence-electron chi connectivity index (χ3n) is 4.59. The molecule has 0 bridgehead atoms. The number of amides is 1. The summed E-state index contributed by atoms with van der Waals surface area (Å²) in [6.07, 6.45) is 2.10. The number of rotatable bonds is 4. The maximum absolute atomic E-state index is 12.2. The number of carbonyl (C=O) groups is 2. The van der Waals surface area contributed by atoms with Gasteiger partial charge in [0.1, 0.15) is 11.9 Å². The highest BCUT2D eigenvalue weighted by molar-refractivity contribution is 6.00. The summed E-state index contributed by atoms with van der Waals surface area (Å²) in [4.78, 5) is 27.1. The fourth-order valence-corrected chi connectivity index (χ4v) is 3.17. The lowest BCUT2D eigenvalue weighted by Gasteiger charge is -2.30. The van der Waals surface area contributed by atoms with Crippen LogP contribution in [0.5, 0.6) is 5.75 Å². The Balaban J connectivity index is 1.76. The van der Waals surface area contributed by atoms with Crippen molar-refractivity contribution >= 4 is 17.6 Å². The predicted molar refractivity (Wildman–Crippen MR) is 85.7 cm³/mol. The molecule has 2 aliphatic rings. The second kappa shape index (κ2) is 6.58. The van der Waals surface area contributed by atoms with E-state index in [2.05, 4.69) is 11.9 Å². The molecule has 2 saturated heterocycles. The van der Waals surface area contributed by atoms with Crippen LogP contribution in [-0.4, -0.2) is 54.7 Å². The Kier molecular flexibility index (Phi) is 4.52. The zero-order valence-electron chi connectivity index (χ0n) is 13.3. The Morgan fingerprint density at radius 1 is 1.26 bits per heavy atom. The van der Waals surface area contributed by atoms with Crippen molar-refractivity contribution in [2.24, 2.45) is 5.92 Å². The number of hydrogen-bond acceptors (Lipinski definition) is 4. The number of hydrogen-bond donors (Lipinski definition) is 1. The van der Waals surface area contributed by atoms with E-state index in [1.54, 1.807) is 4.90 Å². The van der Waals surface area contributed by atoms with Gasteiger partial charge in [-0.05, 0) is 32.0 Å². The molecule has 1 atom stereocenters. The van der Waals surface area contributed by atoms with Crippen LogP contribution >= 0.6 is 0 Å². The lowest BCUT2D eigenvalue weighted by atomic mass is 10.1. The van der Waals surface area contributed by atoms with Gasteiger partial charge < -0.3 is 19.6 Å². The smallest absolute Gasteiger partial charge is 0.308 e. The molecule has 23 heavy (non-hydrogen) atoms. The minimum absolute atomic E-state index is 0.0535. The summed E-state index contributed by atoms with van der Waals surface area (Å²) < 4.78 is 6.12. The molecule has 0 spiro atoms. The topological polar surface area (TPSA) is 70.1 Å². The first-order valence-corrected chi connectivity index (χ1v) is 8.02. The highest BCUT2D eigenvalue weighted by Crippen LogP contribution is 2.34. The van der Waals surface area contributed by atoms with Crippen LogP contribution in [0, 0.1) is 5.92 Å². The molecule has 1 aromatic rings. The fraction of sp³-hybridized carbons (Fsp3) is 0.529. The summed E-state index contributed by atoms with van der Waals surface area (Å²) >= 11 is 0. The van der Waals surface area contributed by atoms with E-state index < -0.39 is 11.9 Å². The van der Waals surface area contributed by atoms with Gasteiger partial charge in [0.25, 0.3) is 0 Å². The summed E-state index contributed by atoms with van der Waals surface area (Å²) in [7, 11) is 2.10. The van der Waals surface area contributed by atoms with Crippen LogP contribution in [-0.2, 0) is 9.59 Å². The van der Waals surface area contributed by atoms with E-state index in [0.717, 1.165) is 25.9 Å². The lowest BCUT2D eigenvalue weighted by Crippen LogP contribution is -2.36. The number of anilines is 1. The normalized spacial score (nSPS) is 23.3. The Labute approximate surface area is 135 Å². The lowest BCUT2D eigenvalue weighted by molar-refractivity contribution is -0.141. The molecule has 0 unspecified atom stereocenters. The highest BCUT2D eigenvalue weighted by Gasteiger charge is 2.36. The van der Waals surface area contributed by atoms with Crippen molar-refractivity contribution in [1.82, 2.24) is 4.90 Å². The van der Waals surface area contributed by atoms with Crippen molar-refractivity contribution in [1.29, 1.82) is 0 Å². The standard InChI is InChI=1S/C17H22N2O4/c1-18-8-6-13(7-9-18)23-15-5-3-2-4-14(15)19-11-12(17(21)22)10-16(19)20/h2-5,12-13H,6-11H2,1H3,(H,21,22)/t12-/m0/s1. The molecule has 124 valence electrons. The molecule has 1 aromatic carbocycles. The minimum atomic E-state index is -0.922. The summed E-state index contributed by atoms with van der Waals surface area (Å²) in [6.45, 7) is 2.20. The first-order chi connectivity index (χ1) is 11.0. The SMILES string of the molecule is CN1CCC(Oc2ccccc2N2C[C@@H](C(=O)O)CC2=O)CC1. The molecule has 6 heteroatoms. The molecule has 3 rings (SSSR count). The van der Waals surface area contributed by atoms with Gasteiger partial charge in [-0.3, -0.25) is 9.59 Å². The number of aliphatic carboxylic acids is 1. The van der Waals surface area contributed by atoms with Gasteiger partial charge in [0, 0.05) is 26.1 Å². The van der Waals surface area contributed by atoms with Gasteiger partial charge in [-0.15, -0.1) is 0 Å². The Morgan fingerprint density at radius 2 is 1.96 bits per heavy atom. The van der Waals surface area contributed by atoms with E-state index in [1.165, 1.54) is 0 Å². The number of piperidine rings is 1. The molecular weight excluding hydrogens is 296 g/mol. The Bertz CT molecular complexity index is 596. The van der Waals surface area contributed by atoms with Crippen LogP contribution in [0.2, 0.25) is 0 Å². The number of likely N-dealkylation sites (tertiary alicyclic amines) is 1. The Hall–Kier alpha value is -2.08. The molecule has 0 aromatic heterocycles. The van der Waals surface area contributed by atoms with E-state index in [1.807, 2.05) is 24.3 Å². The molecule has 6 nitrogen and oxygen atoms in total. The number of carboxylic acids is 1. The number of para-hydroxylation sites is 2. The van der Waals surface area contributed by atoms with Crippen LogP contribution in [0.15, 0.2) is 24.3 Å². The number of carbonyl (C=O) groups excluding carboxylic acids is 1. The van der Waals surface area contributed by atoms with Gasteiger partial charge in [0.15, 0.2) is 0 Å². The van der Waals surface area contributed by atoms with Crippen molar-refractivity contribution in [3.05, 3.63) is 24.3 Å². The van der Waals surface area contributed by atoms with Gasteiger partial charge in [-0.25, -0.2) is 0 Å². The van der Waals surface area contributed by atoms with Crippen LogP contribution in [0.1, 0.15) is 19.3 Å². The molecule has 0 radical (unpaired) electrons. The summed E-state index contributed by atoms with van der Waals surface area (Å²) in [5.74, 6) is -1.05. The van der Waals surface area contributed by atoms with Crippen molar-refractivity contribution in [3.63, 3.8) is 0 Å². The molecule has 1 amide bonds. The monoisotopic (exact) mass is 318 g/mol. The van der Waals surface area contributed by atoms with Crippen LogP contribution in [0.25, 0.3) is 0 Å². The third-order valence-corrected chi connectivity index (χ3v) is 4.59.